The molecule has 0 bridgehead atoms. The van der Waals surface area contributed by atoms with Crippen LogP contribution >= 0.6 is 24.0 Å². The lowest BCUT2D eigenvalue weighted by Gasteiger charge is -2.40. The first kappa shape index (κ1) is 24.8. The van der Waals surface area contributed by atoms with Crippen molar-refractivity contribution in [1.82, 2.24) is 25.3 Å². The van der Waals surface area contributed by atoms with Gasteiger partial charge in [0.1, 0.15) is 11.4 Å². The number of likely N-dealkylation sites (N-methyl/N-ethyl adjacent to an activating group) is 1. The molecule has 0 saturated heterocycles. The third kappa shape index (κ3) is 5.57. The Morgan fingerprint density at radius 1 is 1.31 bits per heavy atom. The van der Waals surface area contributed by atoms with E-state index in [1.807, 2.05) is 17.9 Å². The molecule has 0 radical (unpaired) electrons. The van der Waals surface area contributed by atoms with Crippen LogP contribution in [0.15, 0.2) is 41.7 Å². The Hall–Kier alpha value is -1.81. The van der Waals surface area contributed by atoms with Crippen molar-refractivity contribution in [2.24, 2.45) is 12.0 Å². The SMILES string of the molecule is CCNC(=NCC(c1cnn(C)c1)N(C)C)NC1CC2(CCCC2)Oc2ccccc21.I. The van der Waals surface area contributed by atoms with Gasteiger partial charge in [-0.2, -0.15) is 5.10 Å². The summed E-state index contributed by atoms with van der Waals surface area (Å²) in [6, 6.07) is 8.81. The normalized spacial score (nSPS) is 20.4. The smallest absolute Gasteiger partial charge is 0.191 e. The molecule has 2 atom stereocenters. The number of guanidine groups is 1. The summed E-state index contributed by atoms with van der Waals surface area (Å²) in [4.78, 5) is 7.17. The third-order valence-corrected chi connectivity index (χ3v) is 6.52. The fourth-order valence-electron chi connectivity index (χ4n) is 4.91. The summed E-state index contributed by atoms with van der Waals surface area (Å²) in [6.07, 6.45) is 9.75. The average molecular weight is 553 g/mol. The number of benzene rings is 1. The van der Waals surface area contributed by atoms with E-state index in [9.17, 15) is 0 Å². The van der Waals surface area contributed by atoms with Crippen molar-refractivity contribution in [3.63, 3.8) is 0 Å². The van der Waals surface area contributed by atoms with Crippen LogP contribution in [-0.4, -0.2) is 53.4 Å². The van der Waals surface area contributed by atoms with Gasteiger partial charge in [0.05, 0.1) is 24.8 Å². The lowest BCUT2D eigenvalue weighted by Crippen LogP contribution is -2.46. The van der Waals surface area contributed by atoms with Crippen molar-refractivity contribution < 1.29 is 4.74 Å². The Bertz CT molecular complexity index is 905. The summed E-state index contributed by atoms with van der Waals surface area (Å²) in [7, 11) is 6.13. The summed E-state index contributed by atoms with van der Waals surface area (Å²) in [6.45, 7) is 3.59. The monoisotopic (exact) mass is 552 g/mol. The number of para-hydroxylation sites is 1. The minimum Gasteiger partial charge on any atom is -0.487 e. The van der Waals surface area contributed by atoms with E-state index in [1.165, 1.54) is 24.0 Å². The van der Waals surface area contributed by atoms with E-state index in [-0.39, 0.29) is 41.7 Å². The molecule has 1 spiro atoms. The van der Waals surface area contributed by atoms with E-state index in [4.69, 9.17) is 9.73 Å². The molecule has 2 heterocycles. The quantitative estimate of drug-likeness (QED) is 0.322. The molecule has 176 valence electrons. The molecule has 8 heteroatoms. The largest absolute Gasteiger partial charge is 0.487 e. The Morgan fingerprint density at radius 3 is 2.72 bits per heavy atom. The molecule has 1 aromatic heterocycles. The van der Waals surface area contributed by atoms with Gasteiger partial charge in [-0.25, -0.2) is 0 Å². The average Bonchev–Trinajstić information content (AvgIpc) is 3.37. The molecule has 2 unspecified atom stereocenters. The number of fused-ring (bicyclic) bond motifs is 1. The van der Waals surface area contributed by atoms with Crippen LogP contribution in [0, 0.1) is 0 Å². The standard InChI is InChI=1S/C24H36N6O.HI/c1-5-25-23(26-16-21(29(2)3)18-15-27-30(4)17-18)28-20-14-24(12-8-9-13-24)31-22-11-7-6-10-19(20)22;/h6-7,10-11,15,17,20-21H,5,8-9,12-14,16H2,1-4H3,(H2,25,26,28);1H. The molecule has 1 fully saturated rings. The molecule has 2 aliphatic rings. The molecular weight excluding hydrogens is 515 g/mol. The van der Waals surface area contributed by atoms with E-state index >= 15 is 0 Å². The van der Waals surface area contributed by atoms with E-state index in [2.05, 4.69) is 72.1 Å². The van der Waals surface area contributed by atoms with Crippen molar-refractivity contribution in [3.05, 3.63) is 47.8 Å². The number of hydrogen-bond donors (Lipinski definition) is 2. The van der Waals surface area contributed by atoms with Crippen LogP contribution in [0.2, 0.25) is 0 Å². The first-order valence-electron chi connectivity index (χ1n) is 11.5. The Balaban J connectivity index is 0.00000289. The fourth-order valence-corrected chi connectivity index (χ4v) is 4.91. The van der Waals surface area contributed by atoms with Gasteiger partial charge in [0.2, 0.25) is 0 Å². The number of rotatable bonds is 6. The van der Waals surface area contributed by atoms with Crippen molar-refractivity contribution in [2.45, 2.75) is 56.7 Å². The maximum atomic E-state index is 6.53. The Kier molecular flexibility index (Phi) is 8.43. The second-order valence-electron chi connectivity index (χ2n) is 9.08. The van der Waals surface area contributed by atoms with Crippen LogP contribution in [0.1, 0.15) is 62.2 Å². The van der Waals surface area contributed by atoms with E-state index in [1.54, 1.807) is 0 Å². The zero-order valence-corrected chi connectivity index (χ0v) is 22.0. The summed E-state index contributed by atoms with van der Waals surface area (Å²) in [5.41, 5.74) is 2.36. The van der Waals surface area contributed by atoms with Crippen LogP contribution in [-0.2, 0) is 7.05 Å². The number of aromatic nitrogens is 2. The predicted octanol–water partition coefficient (Wildman–Crippen LogP) is 4.03. The number of aryl methyl sites for hydroxylation is 1. The third-order valence-electron chi connectivity index (χ3n) is 6.52. The van der Waals surface area contributed by atoms with Crippen molar-refractivity contribution >= 4 is 29.9 Å². The molecule has 1 aliphatic carbocycles. The molecule has 1 aliphatic heterocycles. The lowest BCUT2D eigenvalue weighted by atomic mass is 9.86. The summed E-state index contributed by atoms with van der Waals surface area (Å²) >= 11 is 0. The number of nitrogens with one attached hydrogen (secondary N) is 2. The number of ether oxygens (including phenoxy) is 1. The minimum absolute atomic E-state index is 0. The van der Waals surface area contributed by atoms with Crippen LogP contribution in [0.4, 0.5) is 0 Å². The highest BCUT2D eigenvalue weighted by Crippen LogP contribution is 2.46. The molecule has 32 heavy (non-hydrogen) atoms. The summed E-state index contributed by atoms with van der Waals surface area (Å²) < 4.78 is 8.37. The minimum atomic E-state index is -0.0365. The van der Waals surface area contributed by atoms with Gasteiger partial charge in [-0.05, 0) is 52.8 Å². The molecule has 1 aromatic carbocycles. The van der Waals surface area contributed by atoms with Gasteiger partial charge in [0, 0.05) is 37.3 Å². The molecule has 2 aromatic rings. The fraction of sp³-hybridized carbons (Fsp3) is 0.583. The van der Waals surface area contributed by atoms with E-state index < -0.39 is 0 Å². The van der Waals surface area contributed by atoms with Crippen LogP contribution in [0.25, 0.3) is 0 Å². The topological polar surface area (TPSA) is 66.7 Å². The van der Waals surface area contributed by atoms with Gasteiger partial charge < -0.3 is 20.3 Å². The lowest BCUT2D eigenvalue weighted by molar-refractivity contribution is 0.0396. The van der Waals surface area contributed by atoms with Crippen molar-refractivity contribution in [3.8, 4) is 5.75 Å². The second kappa shape index (κ2) is 10.9. The highest BCUT2D eigenvalue weighted by Gasteiger charge is 2.43. The number of halogens is 1. The van der Waals surface area contributed by atoms with Gasteiger partial charge >= 0.3 is 0 Å². The highest BCUT2D eigenvalue weighted by molar-refractivity contribution is 14.0. The Morgan fingerprint density at radius 2 is 2.06 bits per heavy atom. The molecule has 7 nitrogen and oxygen atoms in total. The number of hydrogen-bond acceptors (Lipinski definition) is 4. The first-order valence-corrected chi connectivity index (χ1v) is 11.5. The Labute approximate surface area is 209 Å². The van der Waals surface area contributed by atoms with E-state index in [0.717, 1.165) is 37.5 Å². The first-order chi connectivity index (χ1) is 15.0. The van der Waals surface area contributed by atoms with Gasteiger partial charge in [0.25, 0.3) is 0 Å². The maximum Gasteiger partial charge on any atom is 0.191 e. The zero-order valence-electron chi connectivity index (χ0n) is 19.7. The van der Waals surface area contributed by atoms with E-state index in [0.29, 0.717) is 6.54 Å². The predicted molar refractivity (Wildman–Crippen MR) is 140 cm³/mol. The van der Waals surface area contributed by atoms with Gasteiger partial charge in [-0.3, -0.25) is 9.67 Å². The molecule has 0 amide bonds. The van der Waals surface area contributed by atoms with Gasteiger partial charge in [-0.1, -0.05) is 18.2 Å². The molecular formula is C24H37IN6O. The van der Waals surface area contributed by atoms with Crippen LogP contribution in [0.3, 0.4) is 0 Å². The number of aliphatic imine (C=N–C) groups is 1. The van der Waals surface area contributed by atoms with Gasteiger partial charge in [0.15, 0.2) is 5.96 Å². The second-order valence-corrected chi connectivity index (χ2v) is 9.08. The van der Waals surface area contributed by atoms with Crippen LogP contribution < -0.4 is 15.4 Å². The molecule has 1 saturated carbocycles. The maximum absolute atomic E-state index is 6.53. The van der Waals surface area contributed by atoms with Crippen molar-refractivity contribution in [1.29, 1.82) is 0 Å². The number of nitrogens with zero attached hydrogens (tertiary/aromatic N) is 4. The van der Waals surface area contributed by atoms with Crippen LogP contribution in [0.5, 0.6) is 5.75 Å². The molecule has 4 rings (SSSR count). The highest BCUT2D eigenvalue weighted by atomic mass is 127. The summed E-state index contributed by atoms with van der Waals surface area (Å²) in [5, 5.41) is 11.5. The van der Waals surface area contributed by atoms with Gasteiger partial charge in [-0.15, -0.1) is 24.0 Å². The van der Waals surface area contributed by atoms with Crippen molar-refractivity contribution in [2.75, 3.05) is 27.2 Å². The molecule has 2 N–H and O–H groups in total. The zero-order chi connectivity index (χ0) is 21.8. The summed E-state index contributed by atoms with van der Waals surface area (Å²) in [5.74, 6) is 1.87.